The highest BCUT2D eigenvalue weighted by Gasteiger charge is 2.21. The fourth-order valence-corrected chi connectivity index (χ4v) is 1.74. The molecule has 0 heterocycles. The zero-order valence-electron chi connectivity index (χ0n) is 10.8. The van der Waals surface area contributed by atoms with Crippen LogP contribution in [-0.2, 0) is 4.79 Å². The number of anilines is 1. The number of carbonyl (C=O) groups is 2. The van der Waals surface area contributed by atoms with Crippen LogP contribution < -0.4 is 10.6 Å². The van der Waals surface area contributed by atoms with Gasteiger partial charge < -0.3 is 15.7 Å². The molecule has 19 heavy (non-hydrogen) atoms. The van der Waals surface area contributed by atoms with E-state index in [1.54, 1.807) is 38.1 Å². The average molecular weight is 285 g/mol. The highest BCUT2D eigenvalue weighted by Crippen LogP contribution is 2.15. The maximum atomic E-state index is 11.6. The molecule has 0 saturated heterocycles. The summed E-state index contributed by atoms with van der Waals surface area (Å²) >= 11 is 5.79. The number of halogens is 1. The quantitative estimate of drug-likeness (QED) is 0.778. The molecular formula is C13H17ClN2O3. The minimum absolute atomic E-state index is 0.0519. The number of hydrogen-bond donors (Lipinski definition) is 3. The van der Waals surface area contributed by atoms with Crippen LogP contribution in [0.25, 0.3) is 0 Å². The van der Waals surface area contributed by atoms with Gasteiger partial charge in [-0.25, -0.2) is 4.79 Å². The summed E-state index contributed by atoms with van der Waals surface area (Å²) in [4.78, 5) is 22.6. The molecule has 104 valence electrons. The normalized spacial score (nSPS) is 12.0. The van der Waals surface area contributed by atoms with Gasteiger partial charge in [-0.3, -0.25) is 4.79 Å². The molecule has 1 aromatic rings. The van der Waals surface area contributed by atoms with E-state index >= 15 is 0 Å². The van der Waals surface area contributed by atoms with E-state index in [2.05, 4.69) is 10.6 Å². The van der Waals surface area contributed by atoms with Gasteiger partial charge in [0.25, 0.3) is 0 Å². The Morgan fingerprint density at radius 2 is 2.05 bits per heavy atom. The first-order chi connectivity index (χ1) is 8.90. The van der Waals surface area contributed by atoms with E-state index in [1.807, 2.05) is 0 Å². The van der Waals surface area contributed by atoms with Crippen LogP contribution in [0.1, 0.15) is 13.8 Å². The number of carboxylic acids is 1. The topological polar surface area (TPSA) is 78.4 Å². The SMILES string of the molecule is CC(C)C(CNC(=O)Nc1cccc(Cl)c1)C(=O)O. The average Bonchev–Trinajstić information content (AvgIpc) is 2.27. The molecule has 0 aliphatic rings. The zero-order valence-corrected chi connectivity index (χ0v) is 11.6. The summed E-state index contributed by atoms with van der Waals surface area (Å²) in [6.07, 6.45) is 0. The Labute approximate surface area is 117 Å². The Bertz CT molecular complexity index is 463. The lowest BCUT2D eigenvalue weighted by atomic mass is 9.96. The minimum Gasteiger partial charge on any atom is -0.481 e. The van der Waals surface area contributed by atoms with Crippen LogP contribution >= 0.6 is 11.6 Å². The van der Waals surface area contributed by atoms with E-state index in [0.29, 0.717) is 10.7 Å². The smallest absolute Gasteiger partial charge is 0.319 e. The first-order valence-electron chi connectivity index (χ1n) is 5.93. The molecule has 0 bridgehead atoms. The maximum Gasteiger partial charge on any atom is 0.319 e. The van der Waals surface area contributed by atoms with E-state index < -0.39 is 17.9 Å². The Balaban J connectivity index is 2.50. The molecule has 3 N–H and O–H groups in total. The summed E-state index contributed by atoms with van der Waals surface area (Å²) in [5.41, 5.74) is 0.557. The number of hydrogen-bond acceptors (Lipinski definition) is 2. The van der Waals surface area contributed by atoms with Gasteiger partial charge in [0.1, 0.15) is 0 Å². The predicted octanol–water partition coefficient (Wildman–Crippen LogP) is 2.82. The summed E-state index contributed by atoms with van der Waals surface area (Å²) in [6.45, 7) is 3.68. The number of nitrogens with one attached hydrogen (secondary N) is 2. The molecule has 0 radical (unpaired) electrons. The van der Waals surface area contributed by atoms with Crippen molar-refractivity contribution in [3.8, 4) is 0 Å². The van der Waals surface area contributed by atoms with Gasteiger partial charge >= 0.3 is 12.0 Å². The number of carboxylic acid groups (broad SMARTS) is 1. The molecule has 1 unspecified atom stereocenters. The fraction of sp³-hybridized carbons (Fsp3) is 0.385. The van der Waals surface area contributed by atoms with Crippen molar-refractivity contribution in [3.05, 3.63) is 29.3 Å². The lowest BCUT2D eigenvalue weighted by Crippen LogP contribution is -2.37. The summed E-state index contributed by atoms with van der Waals surface area (Å²) in [7, 11) is 0. The molecule has 2 amide bonds. The van der Waals surface area contributed by atoms with Gasteiger partial charge in [0.2, 0.25) is 0 Å². The summed E-state index contributed by atoms with van der Waals surface area (Å²) in [6, 6.07) is 6.27. The third kappa shape index (κ3) is 5.18. The van der Waals surface area contributed by atoms with Gasteiger partial charge in [-0.2, -0.15) is 0 Å². The molecule has 5 nitrogen and oxygen atoms in total. The van der Waals surface area contributed by atoms with Crippen LogP contribution in [0.2, 0.25) is 5.02 Å². The van der Waals surface area contributed by atoms with Crippen molar-refractivity contribution in [3.63, 3.8) is 0 Å². The number of amides is 2. The van der Waals surface area contributed by atoms with Crippen molar-refractivity contribution in [2.45, 2.75) is 13.8 Å². The van der Waals surface area contributed by atoms with Crippen LogP contribution in [-0.4, -0.2) is 23.7 Å². The monoisotopic (exact) mass is 284 g/mol. The molecule has 0 saturated carbocycles. The second-order valence-corrected chi connectivity index (χ2v) is 4.97. The Kier molecular flexibility index (Phi) is 5.63. The molecular weight excluding hydrogens is 268 g/mol. The van der Waals surface area contributed by atoms with Gasteiger partial charge in [0.05, 0.1) is 5.92 Å². The van der Waals surface area contributed by atoms with Crippen LogP contribution in [0.15, 0.2) is 24.3 Å². The highest BCUT2D eigenvalue weighted by molar-refractivity contribution is 6.30. The van der Waals surface area contributed by atoms with Gasteiger partial charge in [-0.1, -0.05) is 31.5 Å². The van der Waals surface area contributed by atoms with Crippen molar-refractivity contribution >= 4 is 29.3 Å². The van der Waals surface area contributed by atoms with Crippen molar-refractivity contribution in [1.29, 1.82) is 0 Å². The molecule has 0 aliphatic heterocycles. The third-order valence-electron chi connectivity index (χ3n) is 2.69. The highest BCUT2D eigenvalue weighted by atomic mass is 35.5. The Hall–Kier alpha value is -1.75. The summed E-state index contributed by atoms with van der Waals surface area (Å²) < 4.78 is 0. The standard InChI is InChI=1S/C13H17ClN2O3/c1-8(2)11(12(17)18)7-15-13(19)16-10-5-3-4-9(14)6-10/h3-6,8,11H,7H2,1-2H3,(H,17,18)(H2,15,16,19). The van der Waals surface area contributed by atoms with E-state index in [9.17, 15) is 9.59 Å². The Morgan fingerprint density at radius 1 is 1.37 bits per heavy atom. The lowest BCUT2D eigenvalue weighted by Gasteiger charge is -2.17. The van der Waals surface area contributed by atoms with E-state index in [0.717, 1.165) is 0 Å². The van der Waals surface area contributed by atoms with Crippen molar-refractivity contribution in [2.24, 2.45) is 11.8 Å². The van der Waals surface area contributed by atoms with Gasteiger partial charge in [0.15, 0.2) is 0 Å². The van der Waals surface area contributed by atoms with Crippen molar-refractivity contribution < 1.29 is 14.7 Å². The van der Waals surface area contributed by atoms with Gasteiger partial charge in [-0.15, -0.1) is 0 Å². The van der Waals surface area contributed by atoms with Gasteiger partial charge in [-0.05, 0) is 24.1 Å². The van der Waals surface area contributed by atoms with Crippen LogP contribution in [0.3, 0.4) is 0 Å². The van der Waals surface area contributed by atoms with Crippen LogP contribution in [0.5, 0.6) is 0 Å². The molecule has 0 spiro atoms. The fourth-order valence-electron chi connectivity index (χ4n) is 1.55. The second kappa shape index (κ2) is 6.99. The van der Waals surface area contributed by atoms with Crippen LogP contribution in [0.4, 0.5) is 10.5 Å². The van der Waals surface area contributed by atoms with Crippen LogP contribution in [0, 0.1) is 11.8 Å². The van der Waals surface area contributed by atoms with Crippen molar-refractivity contribution in [2.75, 3.05) is 11.9 Å². The first-order valence-corrected chi connectivity index (χ1v) is 6.31. The zero-order chi connectivity index (χ0) is 14.4. The predicted molar refractivity (Wildman–Crippen MR) is 74.4 cm³/mol. The molecule has 1 aromatic carbocycles. The minimum atomic E-state index is -0.918. The van der Waals surface area contributed by atoms with E-state index in [4.69, 9.17) is 16.7 Å². The number of benzene rings is 1. The molecule has 6 heteroatoms. The summed E-state index contributed by atoms with van der Waals surface area (Å²) in [5, 5.41) is 14.6. The molecule has 1 rings (SSSR count). The van der Waals surface area contributed by atoms with Crippen molar-refractivity contribution in [1.82, 2.24) is 5.32 Å². The molecule has 0 aromatic heterocycles. The third-order valence-corrected chi connectivity index (χ3v) is 2.92. The number of aliphatic carboxylic acids is 1. The lowest BCUT2D eigenvalue weighted by molar-refractivity contribution is -0.142. The number of urea groups is 1. The van der Waals surface area contributed by atoms with E-state index in [1.165, 1.54) is 0 Å². The largest absolute Gasteiger partial charge is 0.481 e. The second-order valence-electron chi connectivity index (χ2n) is 4.53. The maximum absolute atomic E-state index is 11.6. The number of rotatable bonds is 5. The molecule has 0 aliphatic carbocycles. The number of carbonyl (C=O) groups excluding carboxylic acids is 1. The van der Waals surface area contributed by atoms with E-state index in [-0.39, 0.29) is 12.5 Å². The molecule has 0 fully saturated rings. The Morgan fingerprint density at radius 3 is 2.58 bits per heavy atom. The first kappa shape index (κ1) is 15.3. The van der Waals surface area contributed by atoms with Gasteiger partial charge in [0, 0.05) is 17.3 Å². The molecule has 1 atom stereocenters. The summed E-state index contributed by atoms with van der Waals surface area (Å²) in [5.74, 6) is -1.58.